The molecule has 0 spiro atoms. The van der Waals surface area contributed by atoms with Gasteiger partial charge in [0, 0.05) is 17.9 Å². The first kappa shape index (κ1) is 12.3. The van der Waals surface area contributed by atoms with Crippen LogP contribution in [0.5, 0.6) is 0 Å². The van der Waals surface area contributed by atoms with Crippen LogP contribution in [0.2, 0.25) is 0 Å². The standard InChI is InChI=1S/C16H11N2.Li/c1-11-6-7-13-12-4-2-3-5-14(12)16-17-8-9-18(16)15(13)10-11;/h2-4,6-10H,1H3;/q-1;+1. The molecule has 0 saturated carbocycles. The number of fused-ring (bicyclic) bond motifs is 6. The van der Waals surface area contributed by atoms with E-state index >= 15 is 0 Å². The average Bonchev–Trinajstić information content (AvgIpc) is 2.88. The maximum absolute atomic E-state index is 4.46. The largest absolute Gasteiger partial charge is 1.00 e. The second-order valence-electron chi connectivity index (χ2n) is 4.60. The van der Waals surface area contributed by atoms with Gasteiger partial charge >= 0.3 is 18.9 Å². The van der Waals surface area contributed by atoms with Crippen LogP contribution in [-0.4, -0.2) is 9.38 Å². The first-order valence-electron chi connectivity index (χ1n) is 6.00. The van der Waals surface area contributed by atoms with Gasteiger partial charge in [-0.3, -0.25) is 4.98 Å². The predicted octanol–water partition coefficient (Wildman–Crippen LogP) is 0.753. The Kier molecular flexibility index (Phi) is 2.86. The molecular weight excluding hydrogens is 227 g/mol. The van der Waals surface area contributed by atoms with Crippen molar-refractivity contribution < 1.29 is 18.9 Å². The summed E-state index contributed by atoms with van der Waals surface area (Å²) in [6, 6.07) is 15.9. The summed E-state index contributed by atoms with van der Waals surface area (Å²) in [4.78, 5) is 4.46. The number of benzene rings is 2. The van der Waals surface area contributed by atoms with E-state index in [1.807, 2.05) is 24.5 Å². The Balaban J connectivity index is 0.00000110. The molecule has 0 aliphatic heterocycles. The molecule has 4 rings (SSSR count). The zero-order valence-corrected chi connectivity index (χ0v) is 11.0. The Morgan fingerprint density at radius 2 is 2.05 bits per heavy atom. The maximum Gasteiger partial charge on any atom is 1.00 e. The number of nitrogens with zero attached hydrogens (tertiary/aromatic N) is 2. The third-order valence-corrected chi connectivity index (χ3v) is 3.42. The molecule has 86 valence electrons. The summed E-state index contributed by atoms with van der Waals surface area (Å²) in [6.45, 7) is 2.11. The van der Waals surface area contributed by atoms with E-state index in [1.165, 1.54) is 21.9 Å². The molecule has 0 aliphatic carbocycles. The smallest absolute Gasteiger partial charge is 0.340 e. The van der Waals surface area contributed by atoms with E-state index in [-0.39, 0.29) is 18.9 Å². The summed E-state index contributed by atoms with van der Waals surface area (Å²) in [6.07, 6.45) is 3.86. The molecule has 0 atom stereocenters. The van der Waals surface area contributed by atoms with Crippen molar-refractivity contribution in [2.75, 3.05) is 0 Å². The molecule has 2 nitrogen and oxygen atoms in total. The number of hydrogen-bond donors (Lipinski definition) is 0. The minimum Gasteiger partial charge on any atom is -0.340 e. The normalized spacial score (nSPS) is 11.0. The van der Waals surface area contributed by atoms with Crippen LogP contribution in [0.25, 0.3) is 27.3 Å². The Bertz CT molecular complexity index is 893. The van der Waals surface area contributed by atoms with Crippen LogP contribution in [0.15, 0.2) is 48.8 Å². The summed E-state index contributed by atoms with van der Waals surface area (Å²) in [5.74, 6) is 0. The van der Waals surface area contributed by atoms with Crippen LogP contribution < -0.4 is 18.9 Å². The second kappa shape index (κ2) is 4.42. The van der Waals surface area contributed by atoms with Crippen molar-refractivity contribution in [3.63, 3.8) is 0 Å². The van der Waals surface area contributed by atoms with Crippen LogP contribution in [-0.2, 0) is 0 Å². The number of aryl methyl sites for hydroxylation is 1. The molecule has 0 aliphatic rings. The number of hydrogen-bond acceptors (Lipinski definition) is 1. The average molecular weight is 238 g/mol. The molecule has 0 unspecified atom stereocenters. The molecule has 3 heteroatoms. The van der Waals surface area contributed by atoms with Gasteiger partial charge in [-0.05, 0) is 23.9 Å². The van der Waals surface area contributed by atoms with Gasteiger partial charge in [-0.15, -0.1) is 29.7 Å². The van der Waals surface area contributed by atoms with Gasteiger partial charge in [-0.25, -0.2) is 0 Å². The molecule has 0 radical (unpaired) electrons. The van der Waals surface area contributed by atoms with Crippen molar-refractivity contribution in [2.45, 2.75) is 6.92 Å². The SMILES string of the molecule is Cc1ccc2c3ccc[c-]c3c3nccn3c2c1.[Li+]. The number of imidazole rings is 1. The van der Waals surface area contributed by atoms with Gasteiger partial charge in [0.2, 0.25) is 0 Å². The molecule has 0 bridgehead atoms. The minimum atomic E-state index is 0. The van der Waals surface area contributed by atoms with E-state index < -0.39 is 0 Å². The molecule has 0 N–H and O–H groups in total. The summed E-state index contributed by atoms with van der Waals surface area (Å²) in [5.41, 5.74) is 3.44. The van der Waals surface area contributed by atoms with E-state index in [2.05, 4.69) is 46.6 Å². The zero-order chi connectivity index (χ0) is 12.1. The van der Waals surface area contributed by atoms with Gasteiger partial charge < -0.3 is 4.40 Å². The van der Waals surface area contributed by atoms with Crippen LogP contribution >= 0.6 is 0 Å². The second-order valence-corrected chi connectivity index (χ2v) is 4.60. The molecule has 0 amide bonds. The van der Waals surface area contributed by atoms with Crippen molar-refractivity contribution in [1.82, 2.24) is 9.38 Å². The monoisotopic (exact) mass is 238 g/mol. The molecule has 2 heterocycles. The Morgan fingerprint density at radius 3 is 2.95 bits per heavy atom. The van der Waals surface area contributed by atoms with Gasteiger partial charge in [0.15, 0.2) is 0 Å². The molecule has 0 fully saturated rings. The van der Waals surface area contributed by atoms with Crippen LogP contribution in [0.3, 0.4) is 0 Å². The Hall–Kier alpha value is -1.75. The van der Waals surface area contributed by atoms with E-state index in [0.717, 1.165) is 11.0 Å². The molecular formula is C16H11LiN2. The van der Waals surface area contributed by atoms with E-state index in [1.54, 1.807) is 0 Å². The van der Waals surface area contributed by atoms with E-state index in [9.17, 15) is 0 Å². The van der Waals surface area contributed by atoms with Gasteiger partial charge in [0.25, 0.3) is 0 Å². The van der Waals surface area contributed by atoms with E-state index in [4.69, 9.17) is 0 Å². The molecule has 2 aromatic carbocycles. The van der Waals surface area contributed by atoms with Crippen LogP contribution in [0.4, 0.5) is 0 Å². The fraction of sp³-hybridized carbons (Fsp3) is 0.0625. The van der Waals surface area contributed by atoms with E-state index in [0.29, 0.717) is 0 Å². The van der Waals surface area contributed by atoms with Crippen molar-refractivity contribution in [2.24, 2.45) is 0 Å². The van der Waals surface area contributed by atoms with Gasteiger partial charge in [0.05, 0.1) is 5.65 Å². The number of pyridine rings is 1. The third-order valence-electron chi connectivity index (χ3n) is 3.42. The van der Waals surface area contributed by atoms with Gasteiger partial charge in [-0.2, -0.15) is 0 Å². The van der Waals surface area contributed by atoms with Crippen molar-refractivity contribution in [3.05, 3.63) is 60.4 Å². The summed E-state index contributed by atoms with van der Waals surface area (Å²) in [7, 11) is 0. The summed E-state index contributed by atoms with van der Waals surface area (Å²) >= 11 is 0. The van der Waals surface area contributed by atoms with Crippen molar-refractivity contribution in [1.29, 1.82) is 0 Å². The minimum absolute atomic E-state index is 0. The quantitative estimate of drug-likeness (QED) is 0.251. The van der Waals surface area contributed by atoms with Crippen LogP contribution in [0.1, 0.15) is 5.56 Å². The predicted molar refractivity (Wildman–Crippen MR) is 73.8 cm³/mol. The first-order valence-corrected chi connectivity index (χ1v) is 6.00. The zero-order valence-electron chi connectivity index (χ0n) is 11.0. The topological polar surface area (TPSA) is 17.3 Å². The summed E-state index contributed by atoms with van der Waals surface area (Å²) in [5, 5.41) is 3.54. The number of rotatable bonds is 0. The van der Waals surface area contributed by atoms with Gasteiger partial charge in [-0.1, -0.05) is 17.5 Å². The Labute approximate surface area is 123 Å². The fourth-order valence-corrected chi connectivity index (χ4v) is 2.60. The van der Waals surface area contributed by atoms with Gasteiger partial charge in [0.1, 0.15) is 0 Å². The van der Waals surface area contributed by atoms with Crippen molar-refractivity contribution in [3.8, 4) is 0 Å². The maximum atomic E-state index is 4.46. The summed E-state index contributed by atoms with van der Waals surface area (Å²) < 4.78 is 2.14. The molecule has 0 saturated heterocycles. The van der Waals surface area contributed by atoms with Crippen molar-refractivity contribution >= 4 is 27.3 Å². The van der Waals surface area contributed by atoms with Crippen LogP contribution in [0, 0.1) is 13.0 Å². The first-order chi connectivity index (χ1) is 8.84. The number of aromatic nitrogens is 2. The Morgan fingerprint density at radius 1 is 1.16 bits per heavy atom. The third kappa shape index (κ3) is 1.68. The molecule has 19 heavy (non-hydrogen) atoms. The molecule has 2 aromatic heterocycles. The molecule has 4 aromatic rings. The fourth-order valence-electron chi connectivity index (χ4n) is 2.60.